The predicted molar refractivity (Wildman–Crippen MR) is 105 cm³/mol. The number of aryl methyl sites for hydroxylation is 1. The molecule has 2 rings (SSSR count). The molecule has 0 bridgehead atoms. The average Bonchev–Trinajstić information content (AvgIpc) is 2.69. The van der Waals surface area contributed by atoms with Gasteiger partial charge in [0.05, 0.1) is 5.02 Å². The largest absolute Gasteiger partial charge is 0.484 e. The number of aromatic nitrogens is 1. The molecule has 6 nitrogen and oxygen atoms in total. The second-order valence-electron chi connectivity index (χ2n) is 5.93. The summed E-state index contributed by atoms with van der Waals surface area (Å²) < 4.78 is 18.5. The number of carbonyl (C=O) groups is 2. The lowest BCUT2D eigenvalue weighted by atomic mass is 10.2. The van der Waals surface area contributed by atoms with Crippen molar-refractivity contribution in [2.24, 2.45) is 0 Å². The Balaban J connectivity index is 1.68. The van der Waals surface area contributed by atoms with Gasteiger partial charge in [-0.3, -0.25) is 14.6 Å². The lowest BCUT2D eigenvalue weighted by Gasteiger charge is -2.10. The summed E-state index contributed by atoms with van der Waals surface area (Å²) in [5.41, 5.74) is 1.79. The summed E-state index contributed by atoms with van der Waals surface area (Å²) in [6.45, 7) is 5.76. The van der Waals surface area contributed by atoms with Gasteiger partial charge in [0.1, 0.15) is 17.3 Å². The zero-order valence-corrected chi connectivity index (χ0v) is 16.2. The van der Waals surface area contributed by atoms with Gasteiger partial charge in [-0.15, -0.1) is 0 Å². The highest BCUT2D eigenvalue weighted by molar-refractivity contribution is 6.30. The molecule has 1 aromatic heterocycles. The van der Waals surface area contributed by atoms with E-state index in [9.17, 15) is 14.0 Å². The van der Waals surface area contributed by atoms with E-state index in [4.69, 9.17) is 16.3 Å². The minimum Gasteiger partial charge on any atom is -0.484 e. The number of halogens is 2. The van der Waals surface area contributed by atoms with E-state index in [1.54, 1.807) is 12.3 Å². The molecule has 28 heavy (non-hydrogen) atoms. The molecule has 0 aliphatic heterocycles. The molecule has 1 aromatic carbocycles. The van der Waals surface area contributed by atoms with Gasteiger partial charge in [0, 0.05) is 30.9 Å². The molecule has 0 unspecified atom stereocenters. The standard InChI is InChI=1S/C20H21ClFN3O3/c1-3-14-4-7-18(24-11-14)20(27)25-13(2)8-9-23-19(26)12-28-15-5-6-16(21)17(22)10-15/h4-7,10-11H,2-3,8-9,12H2,1H3,(H,23,26)(H,25,27). The highest BCUT2D eigenvalue weighted by Gasteiger charge is 2.09. The van der Waals surface area contributed by atoms with E-state index in [2.05, 4.69) is 22.2 Å². The molecule has 0 aliphatic carbocycles. The number of hydrogen-bond acceptors (Lipinski definition) is 4. The number of amides is 2. The van der Waals surface area contributed by atoms with Gasteiger partial charge in [-0.1, -0.05) is 31.2 Å². The van der Waals surface area contributed by atoms with Crippen LogP contribution in [0.4, 0.5) is 4.39 Å². The lowest BCUT2D eigenvalue weighted by molar-refractivity contribution is -0.123. The molecule has 2 aromatic rings. The molecule has 2 amide bonds. The van der Waals surface area contributed by atoms with Crippen molar-refractivity contribution in [2.75, 3.05) is 13.2 Å². The van der Waals surface area contributed by atoms with Gasteiger partial charge < -0.3 is 15.4 Å². The zero-order valence-electron chi connectivity index (χ0n) is 15.4. The molecule has 0 aliphatic rings. The second-order valence-corrected chi connectivity index (χ2v) is 6.33. The predicted octanol–water partition coefficient (Wildman–Crippen LogP) is 3.27. The molecule has 2 N–H and O–H groups in total. The molecule has 148 valence electrons. The van der Waals surface area contributed by atoms with E-state index in [0.717, 1.165) is 18.1 Å². The van der Waals surface area contributed by atoms with Crippen molar-refractivity contribution in [1.29, 1.82) is 0 Å². The van der Waals surface area contributed by atoms with E-state index in [-0.39, 0.29) is 35.7 Å². The van der Waals surface area contributed by atoms with Crippen molar-refractivity contribution in [2.45, 2.75) is 19.8 Å². The van der Waals surface area contributed by atoms with Gasteiger partial charge in [0.15, 0.2) is 6.61 Å². The maximum absolute atomic E-state index is 13.3. The lowest BCUT2D eigenvalue weighted by Crippen LogP contribution is -2.31. The molecule has 1 heterocycles. The molecule has 0 spiro atoms. The zero-order chi connectivity index (χ0) is 20.5. The molecular weight excluding hydrogens is 385 g/mol. The Kier molecular flexibility index (Phi) is 7.95. The van der Waals surface area contributed by atoms with Gasteiger partial charge in [0.2, 0.25) is 0 Å². The Morgan fingerprint density at radius 3 is 2.71 bits per heavy atom. The Morgan fingerprint density at radius 2 is 2.07 bits per heavy atom. The number of benzene rings is 1. The highest BCUT2D eigenvalue weighted by atomic mass is 35.5. The van der Waals surface area contributed by atoms with Crippen LogP contribution in [-0.2, 0) is 11.2 Å². The second kappa shape index (κ2) is 10.4. The van der Waals surface area contributed by atoms with E-state index in [0.29, 0.717) is 17.8 Å². The maximum atomic E-state index is 13.3. The third kappa shape index (κ3) is 6.66. The van der Waals surface area contributed by atoms with Gasteiger partial charge in [-0.05, 0) is 30.2 Å². The Morgan fingerprint density at radius 1 is 1.29 bits per heavy atom. The summed E-state index contributed by atoms with van der Waals surface area (Å²) >= 11 is 5.58. The third-order valence-corrected chi connectivity index (χ3v) is 4.07. The van der Waals surface area contributed by atoms with Crippen molar-refractivity contribution < 1.29 is 18.7 Å². The molecule has 0 saturated heterocycles. The SMILES string of the molecule is C=C(CCNC(=O)COc1ccc(Cl)c(F)c1)NC(=O)c1ccc(CC)cn1. The van der Waals surface area contributed by atoms with Crippen LogP contribution >= 0.6 is 11.6 Å². The smallest absolute Gasteiger partial charge is 0.273 e. The number of hydrogen-bond donors (Lipinski definition) is 2. The molecule has 0 saturated carbocycles. The average molecular weight is 406 g/mol. The van der Waals surface area contributed by atoms with Gasteiger partial charge in [-0.25, -0.2) is 4.39 Å². The van der Waals surface area contributed by atoms with Crippen molar-refractivity contribution in [1.82, 2.24) is 15.6 Å². The van der Waals surface area contributed by atoms with Gasteiger partial charge >= 0.3 is 0 Å². The highest BCUT2D eigenvalue weighted by Crippen LogP contribution is 2.20. The quantitative estimate of drug-likeness (QED) is 0.671. The van der Waals surface area contributed by atoms with Crippen LogP contribution in [0.5, 0.6) is 5.75 Å². The summed E-state index contributed by atoms with van der Waals surface area (Å²) in [6, 6.07) is 7.42. The number of pyridine rings is 1. The summed E-state index contributed by atoms with van der Waals surface area (Å²) in [5, 5.41) is 5.25. The normalized spacial score (nSPS) is 10.2. The topological polar surface area (TPSA) is 80.3 Å². The fourth-order valence-corrected chi connectivity index (χ4v) is 2.29. The fraction of sp³-hybridized carbons (Fsp3) is 0.250. The van der Waals surface area contributed by atoms with Crippen LogP contribution in [0.1, 0.15) is 29.4 Å². The van der Waals surface area contributed by atoms with Gasteiger partial charge in [-0.2, -0.15) is 0 Å². The van der Waals surface area contributed by atoms with E-state index in [1.165, 1.54) is 12.1 Å². The van der Waals surface area contributed by atoms with Crippen molar-refractivity contribution in [3.63, 3.8) is 0 Å². The monoisotopic (exact) mass is 405 g/mol. The third-order valence-electron chi connectivity index (χ3n) is 3.77. The first-order valence-corrected chi connectivity index (χ1v) is 9.05. The number of rotatable bonds is 9. The molecule has 0 atom stereocenters. The van der Waals surface area contributed by atoms with Crippen molar-refractivity contribution >= 4 is 23.4 Å². The van der Waals surface area contributed by atoms with Crippen LogP contribution in [0.15, 0.2) is 48.8 Å². The van der Waals surface area contributed by atoms with Gasteiger partial charge in [0.25, 0.3) is 11.8 Å². The number of ether oxygens (including phenoxy) is 1. The van der Waals surface area contributed by atoms with E-state index in [1.807, 2.05) is 13.0 Å². The van der Waals surface area contributed by atoms with Crippen LogP contribution in [0, 0.1) is 5.82 Å². The summed E-state index contributed by atoms with van der Waals surface area (Å²) in [4.78, 5) is 28.0. The van der Waals surface area contributed by atoms with Crippen LogP contribution in [0.25, 0.3) is 0 Å². The van der Waals surface area contributed by atoms with Crippen molar-refractivity contribution in [3.05, 3.63) is 70.9 Å². The summed E-state index contributed by atoms with van der Waals surface area (Å²) in [7, 11) is 0. The summed E-state index contributed by atoms with van der Waals surface area (Å²) in [6.07, 6.45) is 2.85. The first kappa shape index (κ1) is 21.4. The summed E-state index contributed by atoms with van der Waals surface area (Å²) in [5.74, 6) is -1.15. The first-order chi connectivity index (χ1) is 13.4. The Hall–Kier alpha value is -2.93. The molecular formula is C20H21ClFN3O3. The van der Waals surface area contributed by atoms with E-state index >= 15 is 0 Å². The Labute approximate surface area is 167 Å². The molecule has 0 fully saturated rings. The molecule has 8 heteroatoms. The van der Waals surface area contributed by atoms with Crippen LogP contribution in [0.2, 0.25) is 5.02 Å². The minimum absolute atomic E-state index is 0.0196. The molecule has 0 radical (unpaired) electrons. The van der Waals surface area contributed by atoms with Crippen LogP contribution < -0.4 is 15.4 Å². The number of nitrogens with zero attached hydrogens (tertiary/aromatic N) is 1. The van der Waals surface area contributed by atoms with Crippen LogP contribution in [0.3, 0.4) is 0 Å². The fourth-order valence-electron chi connectivity index (χ4n) is 2.17. The maximum Gasteiger partial charge on any atom is 0.273 e. The van der Waals surface area contributed by atoms with Crippen LogP contribution in [-0.4, -0.2) is 29.9 Å². The van der Waals surface area contributed by atoms with Crippen molar-refractivity contribution in [3.8, 4) is 5.75 Å². The number of carbonyl (C=O) groups excluding carboxylic acids is 2. The minimum atomic E-state index is -0.620. The van der Waals surface area contributed by atoms with E-state index < -0.39 is 5.82 Å². The first-order valence-electron chi connectivity index (χ1n) is 8.67. The Bertz CT molecular complexity index is 856. The number of nitrogens with one attached hydrogen (secondary N) is 2.